The molecule has 2 saturated heterocycles. The number of thioether (sulfide) groups is 2. The van der Waals surface area contributed by atoms with Crippen LogP contribution in [-0.4, -0.2) is 59.6 Å². The highest BCUT2D eigenvalue weighted by Crippen LogP contribution is 2.43. The second-order valence-electron chi connectivity index (χ2n) is 6.38. The molecule has 1 aromatic carbocycles. The van der Waals surface area contributed by atoms with E-state index in [2.05, 4.69) is 4.99 Å². The van der Waals surface area contributed by atoms with E-state index in [1.807, 2.05) is 35.4 Å². The van der Waals surface area contributed by atoms with E-state index in [1.165, 1.54) is 11.8 Å². The molecule has 10 heteroatoms. The highest BCUT2D eigenvalue weighted by Gasteiger charge is 2.49. The monoisotopic (exact) mass is 428 g/mol. The molecule has 0 aromatic heterocycles. The lowest BCUT2D eigenvalue weighted by molar-refractivity contribution is -0.137. The number of sulfone groups is 1. The van der Waals surface area contributed by atoms with E-state index in [0.717, 1.165) is 10.6 Å². The van der Waals surface area contributed by atoms with Crippen molar-refractivity contribution in [2.75, 3.05) is 22.7 Å². The molecule has 146 valence electrons. The molecule has 0 radical (unpaired) electrons. The van der Waals surface area contributed by atoms with Crippen molar-refractivity contribution in [1.82, 2.24) is 0 Å². The van der Waals surface area contributed by atoms with Crippen LogP contribution in [0.3, 0.4) is 0 Å². The van der Waals surface area contributed by atoms with Gasteiger partial charge in [0.25, 0.3) is 0 Å². The zero-order chi connectivity index (χ0) is 19.6. The van der Waals surface area contributed by atoms with Gasteiger partial charge in [-0.3, -0.25) is 9.59 Å². The summed E-state index contributed by atoms with van der Waals surface area (Å²) in [5, 5.41) is 9.04. The Labute approximate surface area is 166 Å². The predicted octanol–water partition coefficient (Wildman–Crippen LogP) is 2.26. The van der Waals surface area contributed by atoms with Gasteiger partial charge in [-0.25, -0.2) is 8.42 Å². The van der Waals surface area contributed by atoms with Crippen molar-refractivity contribution in [1.29, 1.82) is 0 Å². The molecular weight excluding hydrogens is 408 g/mol. The highest BCUT2D eigenvalue weighted by atomic mass is 32.2. The first kappa shape index (κ1) is 20.2. The summed E-state index contributed by atoms with van der Waals surface area (Å²) in [5.41, 5.74) is 0.846. The molecule has 1 N–H and O–H groups in total. The van der Waals surface area contributed by atoms with Crippen LogP contribution in [0.1, 0.15) is 19.3 Å². The van der Waals surface area contributed by atoms with E-state index in [-0.39, 0.29) is 48.0 Å². The number of rotatable bonds is 6. The van der Waals surface area contributed by atoms with Crippen molar-refractivity contribution in [3.05, 3.63) is 24.3 Å². The molecule has 1 amide bonds. The van der Waals surface area contributed by atoms with Crippen LogP contribution in [0.25, 0.3) is 0 Å². The Balaban J connectivity index is 1.90. The maximum atomic E-state index is 12.2. The van der Waals surface area contributed by atoms with Crippen LogP contribution in [0, 0.1) is 0 Å². The first-order valence-electron chi connectivity index (χ1n) is 8.43. The largest absolute Gasteiger partial charge is 0.481 e. The number of nitrogens with zero attached hydrogens (tertiary/aromatic N) is 2. The fourth-order valence-electron chi connectivity index (χ4n) is 3.23. The number of carboxylic acid groups (broad SMARTS) is 1. The number of amides is 1. The zero-order valence-electron chi connectivity index (χ0n) is 14.7. The molecule has 2 fully saturated rings. The second-order valence-corrected chi connectivity index (χ2v) is 10.6. The maximum absolute atomic E-state index is 12.2. The van der Waals surface area contributed by atoms with Crippen LogP contribution in [0.4, 0.5) is 5.69 Å². The van der Waals surface area contributed by atoms with Crippen molar-refractivity contribution in [2.45, 2.75) is 35.4 Å². The number of aliphatic imine (C=N–C) groups is 1. The van der Waals surface area contributed by atoms with Gasteiger partial charge in [-0.15, -0.1) is 11.8 Å². The fourth-order valence-corrected chi connectivity index (χ4v) is 7.74. The number of hydrogen-bond donors (Lipinski definition) is 1. The summed E-state index contributed by atoms with van der Waals surface area (Å²) in [6.07, 6.45) is 2.16. The highest BCUT2D eigenvalue weighted by molar-refractivity contribution is 8.16. The average molecular weight is 429 g/mol. The first-order chi connectivity index (χ1) is 12.8. The minimum Gasteiger partial charge on any atom is -0.481 e. The van der Waals surface area contributed by atoms with Gasteiger partial charge >= 0.3 is 5.97 Å². The average Bonchev–Trinajstić information content (AvgIpc) is 3.05. The minimum atomic E-state index is -3.12. The van der Waals surface area contributed by atoms with E-state index < -0.39 is 15.8 Å². The summed E-state index contributed by atoms with van der Waals surface area (Å²) < 4.78 is 24.2. The zero-order valence-corrected chi connectivity index (χ0v) is 17.1. The molecule has 3 rings (SSSR count). The third-order valence-corrected chi connectivity index (χ3v) is 8.41. The smallest absolute Gasteiger partial charge is 0.303 e. The molecule has 7 nitrogen and oxygen atoms in total. The van der Waals surface area contributed by atoms with E-state index in [9.17, 15) is 18.0 Å². The lowest BCUT2D eigenvalue weighted by atomic mass is 10.2. The van der Waals surface area contributed by atoms with Crippen molar-refractivity contribution in [3.8, 4) is 0 Å². The quantitative estimate of drug-likeness (QED) is 0.688. The van der Waals surface area contributed by atoms with Crippen molar-refractivity contribution in [3.63, 3.8) is 0 Å². The number of carbonyl (C=O) groups excluding carboxylic acids is 1. The Morgan fingerprint density at radius 2 is 2.04 bits per heavy atom. The van der Waals surface area contributed by atoms with Crippen LogP contribution in [0.5, 0.6) is 0 Å². The molecule has 2 aliphatic heterocycles. The predicted molar refractivity (Wildman–Crippen MR) is 108 cm³/mol. The standard InChI is InChI=1S/C17H20N2O5S3/c1-25-13-6-3-2-5-11(13)19-12-9-27(23,24)10-14(12)26-17(19)18-15(20)7-4-8-16(21)22/h2-3,5-6,12,14H,4,7-10H2,1H3,(H,21,22). The summed E-state index contributed by atoms with van der Waals surface area (Å²) in [5.74, 6) is -1.21. The lowest BCUT2D eigenvalue weighted by Gasteiger charge is -2.26. The molecule has 2 heterocycles. The molecule has 0 aliphatic carbocycles. The summed E-state index contributed by atoms with van der Waals surface area (Å²) in [4.78, 5) is 29.9. The van der Waals surface area contributed by atoms with Crippen LogP contribution in [0.15, 0.2) is 34.2 Å². The third kappa shape index (κ3) is 4.67. The Kier molecular flexibility index (Phi) is 6.17. The summed E-state index contributed by atoms with van der Waals surface area (Å²) in [6, 6.07) is 7.40. The lowest BCUT2D eigenvalue weighted by Crippen LogP contribution is -2.38. The number of carboxylic acids is 1. The minimum absolute atomic E-state index is 0.0413. The normalized spacial score (nSPS) is 24.9. The van der Waals surface area contributed by atoms with E-state index in [4.69, 9.17) is 5.11 Å². The molecule has 2 unspecified atom stereocenters. The van der Waals surface area contributed by atoms with Crippen molar-refractivity contribution >= 4 is 56.1 Å². The Hall–Kier alpha value is -1.52. The number of amidine groups is 1. The van der Waals surface area contributed by atoms with Gasteiger partial charge in [0, 0.05) is 23.0 Å². The van der Waals surface area contributed by atoms with Crippen LogP contribution < -0.4 is 4.90 Å². The molecule has 27 heavy (non-hydrogen) atoms. The van der Waals surface area contributed by atoms with Gasteiger partial charge in [0.1, 0.15) is 0 Å². The molecular formula is C17H20N2O5S3. The molecule has 0 saturated carbocycles. The number of hydrogen-bond acceptors (Lipinski definition) is 6. The Morgan fingerprint density at radius 3 is 2.74 bits per heavy atom. The third-order valence-electron chi connectivity index (χ3n) is 4.41. The van der Waals surface area contributed by atoms with Crippen molar-refractivity contribution < 1.29 is 23.1 Å². The topological polar surface area (TPSA) is 104 Å². The van der Waals surface area contributed by atoms with Gasteiger partial charge in [0.05, 0.1) is 23.2 Å². The Morgan fingerprint density at radius 1 is 1.30 bits per heavy atom. The number of anilines is 1. The van der Waals surface area contributed by atoms with Gasteiger partial charge in [0.15, 0.2) is 15.0 Å². The molecule has 2 aliphatic rings. The van der Waals surface area contributed by atoms with E-state index >= 15 is 0 Å². The number of benzene rings is 1. The summed E-state index contributed by atoms with van der Waals surface area (Å²) in [6.45, 7) is 0. The maximum Gasteiger partial charge on any atom is 0.303 e. The molecule has 0 spiro atoms. The first-order valence-corrected chi connectivity index (χ1v) is 12.4. The summed E-state index contributed by atoms with van der Waals surface area (Å²) in [7, 11) is -3.12. The van der Waals surface area contributed by atoms with Gasteiger partial charge in [-0.2, -0.15) is 4.99 Å². The SMILES string of the molecule is CSc1ccccc1N1C(=NC(=O)CCCC(=O)O)SC2CS(=O)(=O)CC21. The molecule has 0 bridgehead atoms. The number of carbonyl (C=O) groups is 2. The summed E-state index contributed by atoms with van der Waals surface area (Å²) >= 11 is 2.87. The van der Waals surface area contributed by atoms with E-state index in [0.29, 0.717) is 5.17 Å². The van der Waals surface area contributed by atoms with Gasteiger partial charge in [0.2, 0.25) is 5.91 Å². The van der Waals surface area contributed by atoms with Crippen LogP contribution >= 0.6 is 23.5 Å². The molecule has 2 atom stereocenters. The molecule has 1 aromatic rings. The van der Waals surface area contributed by atoms with Crippen LogP contribution in [0.2, 0.25) is 0 Å². The Bertz CT molecular complexity index is 884. The number of aliphatic carboxylic acids is 1. The van der Waals surface area contributed by atoms with Gasteiger partial charge < -0.3 is 10.0 Å². The number of fused-ring (bicyclic) bond motifs is 1. The fraction of sp³-hybridized carbons (Fsp3) is 0.471. The second kappa shape index (κ2) is 8.24. The van der Waals surface area contributed by atoms with E-state index in [1.54, 1.807) is 11.8 Å². The van der Waals surface area contributed by atoms with Crippen molar-refractivity contribution in [2.24, 2.45) is 4.99 Å². The van der Waals surface area contributed by atoms with Gasteiger partial charge in [-0.1, -0.05) is 23.9 Å². The van der Waals surface area contributed by atoms with Gasteiger partial charge in [-0.05, 0) is 24.8 Å². The van der Waals surface area contributed by atoms with Crippen LogP contribution in [-0.2, 0) is 19.4 Å². The number of para-hydroxylation sites is 1.